The van der Waals surface area contributed by atoms with Gasteiger partial charge in [0.1, 0.15) is 17.5 Å². The van der Waals surface area contributed by atoms with Crippen molar-refractivity contribution in [2.45, 2.75) is 71.0 Å². The van der Waals surface area contributed by atoms with Crippen LogP contribution >= 0.6 is 0 Å². The van der Waals surface area contributed by atoms with Gasteiger partial charge in [0.2, 0.25) is 5.78 Å². The maximum absolute atomic E-state index is 13.8. The number of aliphatic carboxylic acids is 1. The number of ether oxygens (including phenoxy) is 2. The van der Waals surface area contributed by atoms with Crippen LogP contribution in [-0.2, 0) is 38.2 Å². The van der Waals surface area contributed by atoms with Crippen molar-refractivity contribution in [3.05, 3.63) is 23.8 Å². The normalized spacial score (nSPS) is 38.1. The molecule has 0 spiro atoms. The average Bonchev–Trinajstić information content (AvgIpc) is 3.08. The molecule has 10 heteroatoms. The molecule has 3 fully saturated rings. The second-order valence-corrected chi connectivity index (χ2v) is 11.1. The summed E-state index contributed by atoms with van der Waals surface area (Å²) in [5.41, 5.74) is -3.40. The van der Waals surface area contributed by atoms with Crippen molar-refractivity contribution in [2.24, 2.45) is 28.6 Å². The number of esters is 2. The van der Waals surface area contributed by atoms with Crippen molar-refractivity contribution >= 4 is 35.3 Å². The van der Waals surface area contributed by atoms with E-state index in [0.29, 0.717) is 12.0 Å². The molecule has 4 aliphatic carbocycles. The number of allylic oxidation sites excluding steroid dienone is 3. The van der Waals surface area contributed by atoms with E-state index in [0.717, 1.165) is 0 Å². The van der Waals surface area contributed by atoms with Crippen LogP contribution in [0.15, 0.2) is 23.8 Å². The van der Waals surface area contributed by atoms with Gasteiger partial charge in [-0.1, -0.05) is 19.9 Å². The van der Waals surface area contributed by atoms with Crippen LogP contribution in [0.1, 0.15) is 59.3 Å². The molecule has 10 nitrogen and oxygen atoms in total. The molecule has 4 aliphatic rings. The molecule has 0 radical (unpaired) electrons. The lowest BCUT2D eigenvalue weighted by Gasteiger charge is -2.57. The van der Waals surface area contributed by atoms with Crippen molar-refractivity contribution < 1.29 is 48.5 Å². The first kappa shape index (κ1) is 26.9. The minimum Gasteiger partial charge on any atom is -0.481 e. The number of carbonyl (C=O) groups is 6. The number of carbonyl (C=O) groups excluding carboxylic acids is 5. The monoisotopic (exact) mass is 516 g/mol. The fraction of sp³-hybridized carbons (Fsp3) is 0.630. The van der Waals surface area contributed by atoms with E-state index in [-0.39, 0.29) is 49.1 Å². The highest BCUT2D eigenvalue weighted by atomic mass is 16.5. The van der Waals surface area contributed by atoms with E-state index < -0.39 is 65.2 Å². The Morgan fingerprint density at radius 2 is 1.84 bits per heavy atom. The highest BCUT2D eigenvalue weighted by Gasteiger charge is 2.69. The molecule has 7 atom stereocenters. The number of ketones is 3. The van der Waals surface area contributed by atoms with Gasteiger partial charge in [-0.15, -0.1) is 0 Å². The van der Waals surface area contributed by atoms with Gasteiger partial charge in [0.15, 0.2) is 12.4 Å². The van der Waals surface area contributed by atoms with E-state index in [1.165, 1.54) is 19.1 Å². The molecule has 0 aliphatic heterocycles. The van der Waals surface area contributed by atoms with E-state index in [9.17, 15) is 33.9 Å². The zero-order valence-electron chi connectivity index (χ0n) is 21.2. The molecule has 0 amide bonds. The molecule has 0 aromatic carbocycles. The molecule has 2 N–H and O–H groups in total. The summed E-state index contributed by atoms with van der Waals surface area (Å²) in [4.78, 5) is 73.8. The zero-order chi connectivity index (χ0) is 27.3. The predicted molar refractivity (Wildman–Crippen MR) is 126 cm³/mol. The van der Waals surface area contributed by atoms with Crippen molar-refractivity contribution in [3.63, 3.8) is 0 Å². The molecule has 37 heavy (non-hydrogen) atoms. The Balaban J connectivity index is 1.69. The summed E-state index contributed by atoms with van der Waals surface area (Å²) < 4.78 is 10.6. The third-order valence-electron chi connectivity index (χ3n) is 9.09. The number of Topliss-reactive ketones (excluding diaryl/α,β-unsaturated/α-hetero) is 2. The highest BCUT2D eigenvalue weighted by molar-refractivity contribution is 6.02. The standard InChI is InChI=1S/C27H32O10/c1-14(28)36-13-21(31)27(35)9-7-17-16-11-20(37-23(34)5-4-22(32)33)18-10-15(29)6-8-25(18,2)24(16)19(30)12-26(17,27)3/h6,8,10,16-17,20,24,35H,4-5,7,9,11-13H2,1-3H3,(H,32,33)/t16-,17-,20+,24+,25-,26-,27-/m0/s1. The first-order chi connectivity index (χ1) is 17.2. The van der Waals surface area contributed by atoms with Crippen LogP contribution in [0.25, 0.3) is 0 Å². The van der Waals surface area contributed by atoms with Gasteiger partial charge >= 0.3 is 17.9 Å². The highest BCUT2D eigenvalue weighted by Crippen LogP contribution is 2.66. The summed E-state index contributed by atoms with van der Waals surface area (Å²) in [6.07, 6.45) is 3.54. The van der Waals surface area contributed by atoms with Crippen LogP contribution in [0.3, 0.4) is 0 Å². The minimum atomic E-state index is -1.86. The Kier molecular flexibility index (Phi) is 6.77. The predicted octanol–water partition coefficient (Wildman–Crippen LogP) is 1.72. The van der Waals surface area contributed by atoms with Gasteiger partial charge in [0.25, 0.3) is 0 Å². The largest absolute Gasteiger partial charge is 0.481 e. The quantitative estimate of drug-likeness (QED) is 0.477. The molecule has 0 unspecified atom stereocenters. The first-order valence-corrected chi connectivity index (χ1v) is 12.5. The van der Waals surface area contributed by atoms with Crippen molar-refractivity contribution in [1.82, 2.24) is 0 Å². The van der Waals surface area contributed by atoms with Gasteiger partial charge in [-0.05, 0) is 48.8 Å². The van der Waals surface area contributed by atoms with Gasteiger partial charge < -0.3 is 19.7 Å². The lowest BCUT2D eigenvalue weighted by atomic mass is 9.46. The number of fused-ring (bicyclic) bond motifs is 5. The number of hydrogen-bond acceptors (Lipinski definition) is 9. The summed E-state index contributed by atoms with van der Waals surface area (Å²) >= 11 is 0. The summed E-state index contributed by atoms with van der Waals surface area (Å²) in [6, 6.07) is 0. The van der Waals surface area contributed by atoms with Gasteiger partial charge in [-0.25, -0.2) is 0 Å². The van der Waals surface area contributed by atoms with Crippen LogP contribution < -0.4 is 0 Å². The Labute approximate surface area is 214 Å². The van der Waals surface area contributed by atoms with Crippen molar-refractivity contribution in [2.75, 3.05) is 6.61 Å². The van der Waals surface area contributed by atoms with Gasteiger partial charge in [-0.2, -0.15) is 0 Å². The summed E-state index contributed by atoms with van der Waals surface area (Å²) in [5.74, 6) is -4.84. The molecule has 4 rings (SSSR count). The molecule has 0 aromatic heterocycles. The topological polar surface area (TPSA) is 161 Å². The van der Waals surface area contributed by atoms with Crippen LogP contribution in [0.4, 0.5) is 0 Å². The molecule has 3 saturated carbocycles. The Bertz CT molecular complexity index is 1130. The molecule has 0 bridgehead atoms. The van der Waals surface area contributed by atoms with Gasteiger partial charge in [-0.3, -0.25) is 28.8 Å². The number of hydrogen-bond donors (Lipinski definition) is 2. The van der Waals surface area contributed by atoms with Gasteiger partial charge in [0, 0.05) is 30.1 Å². The maximum atomic E-state index is 13.8. The van der Waals surface area contributed by atoms with Gasteiger partial charge in [0.05, 0.1) is 12.8 Å². The van der Waals surface area contributed by atoms with E-state index in [4.69, 9.17) is 14.6 Å². The fourth-order valence-electron chi connectivity index (χ4n) is 7.35. The summed E-state index contributed by atoms with van der Waals surface area (Å²) in [7, 11) is 0. The number of rotatable bonds is 7. The Morgan fingerprint density at radius 3 is 2.49 bits per heavy atom. The second-order valence-electron chi connectivity index (χ2n) is 11.1. The second kappa shape index (κ2) is 9.31. The van der Waals surface area contributed by atoms with Crippen LogP contribution in [0.2, 0.25) is 0 Å². The third-order valence-corrected chi connectivity index (χ3v) is 9.09. The van der Waals surface area contributed by atoms with Crippen LogP contribution in [0.5, 0.6) is 0 Å². The first-order valence-electron chi connectivity index (χ1n) is 12.5. The lowest BCUT2D eigenvalue weighted by molar-refractivity contribution is -0.175. The molecule has 200 valence electrons. The molecule has 0 saturated heterocycles. The Morgan fingerprint density at radius 1 is 1.14 bits per heavy atom. The smallest absolute Gasteiger partial charge is 0.306 e. The minimum absolute atomic E-state index is 0.0606. The molecule has 0 aromatic rings. The Hall–Kier alpha value is -3.14. The summed E-state index contributed by atoms with van der Waals surface area (Å²) in [5, 5.41) is 20.5. The molecular weight excluding hydrogens is 484 g/mol. The van der Waals surface area contributed by atoms with E-state index in [2.05, 4.69) is 0 Å². The number of carboxylic acids is 1. The maximum Gasteiger partial charge on any atom is 0.306 e. The lowest BCUT2D eigenvalue weighted by Crippen LogP contribution is -2.62. The van der Waals surface area contributed by atoms with E-state index in [1.807, 2.05) is 6.92 Å². The number of aliphatic hydroxyl groups is 1. The summed E-state index contributed by atoms with van der Waals surface area (Å²) in [6.45, 7) is 4.12. The van der Waals surface area contributed by atoms with Crippen LogP contribution in [0, 0.1) is 28.6 Å². The van der Waals surface area contributed by atoms with E-state index >= 15 is 0 Å². The van der Waals surface area contributed by atoms with E-state index in [1.54, 1.807) is 13.0 Å². The van der Waals surface area contributed by atoms with Crippen molar-refractivity contribution in [1.29, 1.82) is 0 Å². The zero-order valence-corrected chi connectivity index (χ0v) is 21.2. The third kappa shape index (κ3) is 4.35. The average molecular weight is 517 g/mol. The fourth-order valence-corrected chi connectivity index (χ4v) is 7.35. The number of carboxylic acid groups (broad SMARTS) is 1. The SMILES string of the molecule is CC(=O)OCC(=O)[C@@]1(O)CC[C@H]2[C@@H]3C[C@@H](OC(=O)CCC(=O)O)C4=CC(=O)C=C[C@]4(C)[C@H]3C(=O)C[C@@]21C. The van der Waals surface area contributed by atoms with Crippen molar-refractivity contribution in [3.8, 4) is 0 Å². The molecular formula is C27H32O10. The van der Waals surface area contributed by atoms with Crippen LogP contribution in [-0.4, -0.2) is 63.8 Å². The molecule has 0 heterocycles.